The molecule has 0 aromatic carbocycles. The van der Waals surface area contributed by atoms with Crippen molar-refractivity contribution in [2.45, 2.75) is 26.4 Å². The predicted octanol–water partition coefficient (Wildman–Crippen LogP) is 2.82. The lowest BCUT2D eigenvalue weighted by atomic mass is 10.2. The Morgan fingerprint density at radius 1 is 1.41 bits per heavy atom. The van der Waals surface area contributed by atoms with E-state index in [1.807, 2.05) is 13.8 Å². The molecule has 0 amide bonds. The van der Waals surface area contributed by atoms with Crippen molar-refractivity contribution < 1.29 is 9.26 Å². The van der Waals surface area contributed by atoms with Gasteiger partial charge in [0.05, 0.1) is 6.20 Å². The van der Waals surface area contributed by atoms with Gasteiger partial charge >= 0.3 is 0 Å². The minimum absolute atomic E-state index is 0.216. The zero-order valence-corrected chi connectivity index (χ0v) is 10.3. The lowest BCUT2D eigenvalue weighted by Gasteiger charge is -2.01. The fourth-order valence-corrected chi connectivity index (χ4v) is 1.27. The zero-order chi connectivity index (χ0) is 12.3. The number of halogens is 1. The first kappa shape index (κ1) is 11.9. The van der Waals surface area contributed by atoms with Crippen molar-refractivity contribution in [2.75, 3.05) is 0 Å². The molecule has 2 aromatic heterocycles. The van der Waals surface area contributed by atoms with Crippen LogP contribution in [0.3, 0.4) is 0 Å². The van der Waals surface area contributed by atoms with E-state index >= 15 is 0 Å². The molecule has 0 fully saturated rings. The van der Waals surface area contributed by atoms with Gasteiger partial charge in [-0.3, -0.25) is 0 Å². The summed E-state index contributed by atoms with van der Waals surface area (Å²) in [6, 6.07) is 3.39. The summed E-state index contributed by atoms with van der Waals surface area (Å²) in [5.41, 5.74) is 0. The van der Waals surface area contributed by atoms with Crippen LogP contribution in [0.2, 0.25) is 5.15 Å². The third kappa shape index (κ3) is 3.17. The topological polar surface area (TPSA) is 61.0 Å². The third-order valence-electron chi connectivity index (χ3n) is 2.05. The second-order valence-electron chi connectivity index (χ2n) is 3.81. The number of ether oxygens (including phenoxy) is 1. The van der Waals surface area contributed by atoms with Gasteiger partial charge in [0.1, 0.15) is 10.9 Å². The Morgan fingerprint density at radius 3 is 2.82 bits per heavy atom. The largest absolute Gasteiger partial charge is 0.484 e. The average Bonchev–Trinajstić information content (AvgIpc) is 2.77. The highest BCUT2D eigenvalue weighted by Gasteiger charge is 2.10. The SMILES string of the molecule is CC(C)c1nc(COc2ccc(Cl)nc2)no1. The summed E-state index contributed by atoms with van der Waals surface area (Å²) < 4.78 is 10.5. The van der Waals surface area contributed by atoms with Crippen LogP contribution in [-0.2, 0) is 6.61 Å². The third-order valence-corrected chi connectivity index (χ3v) is 2.27. The fourth-order valence-electron chi connectivity index (χ4n) is 1.16. The van der Waals surface area contributed by atoms with E-state index in [9.17, 15) is 0 Å². The van der Waals surface area contributed by atoms with E-state index in [-0.39, 0.29) is 12.5 Å². The van der Waals surface area contributed by atoms with E-state index in [1.165, 1.54) is 0 Å². The average molecular weight is 254 g/mol. The Labute approximate surface area is 104 Å². The molecule has 0 aliphatic rings. The Morgan fingerprint density at radius 2 is 2.24 bits per heavy atom. The number of pyridine rings is 1. The van der Waals surface area contributed by atoms with Gasteiger partial charge in [0, 0.05) is 5.92 Å². The van der Waals surface area contributed by atoms with Crippen molar-refractivity contribution in [3.63, 3.8) is 0 Å². The van der Waals surface area contributed by atoms with Crippen LogP contribution < -0.4 is 4.74 Å². The van der Waals surface area contributed by atoms with Crippen LogP contribution in [0, 0.1) is 0 Å². The molecule has 0 aliphatic carbocycles. The highest BCUT2D eigenvalue weighted by Crippen LogP contribution is 2.15. The van der Waals surface area contributed by atoms with Crippen LogP contribution in [0.5, 0.6) is 5.75 Å². The second-order valence-corrected chi connectivity index (χ2v) is 4.20. The molecule has 17 heavy (non-hydrogen) atoms. The summed E-state index contributed by atoms with van der Waals surface area (Å²) in [6.45, 7) is 4.22. The highest BCUT2D eigenvalue weighted by molar-refractivity contribution is 6.29. The molecule has 0 bridgehead atoms. The first-order valence-electron chi connectivity index (χ1n) is 5.22. The molecule has 0 unspecified atom stereocenters. The Balaban J connectivity index is 1.95. The van der Waals surface area contributed by atoms with Gasteiger partial charge in [-0.1, -0.05) is 30.6 Å². The van der Waals surface area contributed by atoms with Crippen molar-refractivity contribution in [2.24, 2.45) is 0 Å². The van der Waals surface area contributed by atoms with E-state index < -0.39 is 0 Å². The van der Waals surface area contributed by atoms with Crippen LogP contribution in [0.4, 0.5) is 0 Å². The van der Waals surface area contributed by atoms with Crippen LogP contribution in [0.25, 0.3) is 0 Å². The van der Waals surface area contributed by atoms with Crippen LogP contribution in [0.15, 0.2) is 22.9 Å². The van der Waals surface area contributed by atoms with Gasteiger partial charge in [-0.25, -0.2) is 4.98 Å². The lowest BCUT2D eigenvalue weighted by molar-refractivity contribution is 0.283. The lowest BCUT2D eigenvalue weighted by Crippen LogP contribution is -1.98. The summed E-state index contributed by atoms with van der Waals surface area (Å²) in [4.78, 5) is 8.09. The van der Waals surface area contributed by atoms with Crippen molar-refractivity contribution >= 4 is 11.6 Å². The van der Waals surface area contributed by atoms with Gasteiger partial charge in [-0.2, -0.15) is 4.98 Å². The van der Waals surface area contributed by atoms with Crippen molar-refractivity contribution in [3.8, 4) is 5.75 Å². The molecule has 0 N–H and O–H groups in total. The molecular weight excluding hydrogens is 242 g/mol. The van der Waals surface area contributed by atoms with Gasteiger partial charge in [-0.15, -0.1) is 0 Å². The quantitative estimate of drug-likeness (QED) is 0.784. The van der Waals surface area contributed by atoms with Crippen molar-refractivity contribution in [1.29, 1.82) is 0 Å². The van der Waals surface area contributed by atoms with E-state index in [0.29, 0.717) is 22.6 Å². The monoisotopic (exact) mass is 253 g/mol. The summed E-state index contributed by atoms with van der Waals surface area (Å²) in [7, 11) is 0. The van der Waals surface area contributed by atoms with E-state index in [1.54, 1.807) is 18.3 Å². The predicted molar refractivity (Wildman–Crippen MR) is 62.0 cm³/mol. The van der Waals surface area contributed by atoms with Crippen LogP contribution >= 0.6 is 11.6 Å². The van der Waals surface area contributed by atoms with Crippen molar-refractivity contribution in [3.05, 3.63) is 35.2 Å². The number of rotatable bonds is 4. The highest BCUT2D eigenvalue weighted by atomic mass is 35.5. The smallest absolute Gasteiger partial charge is 0.229 e. The van der Waals surface area contributed by atoms with E-state index in [0.717, 1.165) is 0 Å². The molecular formula is C11H12ClN3O2. The molecule has 0 radical (unpaired) electrons. The maximum absolute atomic E-state index is 5.66. The Kier molecular flexibility index (Phi) is 3.58. The van der Waals surface area contributed by atoms with Gasteiger partial charge < -0.3 is 9.26 Å². The van der Waals surface area contributed by atoms with Crippen LogP contribution in [-0.4, -0.2) is 15.1 Å². The summed E-state index contributed by atoms with van der Waals surface area (Å²) in [6.07, 6.45) is 1.55. The summed E-state index contributed by atoms with van der Waals surface area (Å²) in [5.74, 6) is 1.96. The Hall–Kier alpha value is -1.62. The maximum atomic E-state index is 5.66. The zero-order valence-electron chi connectivity index (χ0n) is 9.55. The van der Waals surface area contributed by atoms with Crippen LogP contribution in [0.1, 0.15) is 31.5 Å². The molecule has 90 valence electrons. The van der Waals surface area contributed by atoms with Gasteiger partial charge in [0.25, 0.3) is 0 Å². The molecule has 5 nitrogen and oxygen atoms in total. The number of aromatic nitrogens is 3. The van der Waals surface area contributed by atoms with Gasteiger partial charge in [-0.05, 0) is 12.1 Å². The second kappa shape index (κ2) is 5.14. The standard InChI is InChI=1S/C11H12ClN3O2/c1-7(2)11-14-10(15-17-11)6-16-8-3-4-9(12)13-5-8/h3-5,7H,6H2,1-2H3. The Bertz CT molecular complexity index is 482. The molecule has 2 rings (SSSR count). The minimum atomic E-state index is 0.216. The molecule has 0 saturated carbocycles. The fraction of sp³-hybridized carbons (Fsp3) is 0.364. The minimum Gasteiger partial charge on any atom is -0.484 e. The van der Waals surface area contributed by atoms with Gasteiger partial charge in [0.2, 0.25) is 11.7 Å². The molecule has 0 saturated heterocycles. The number of nitrogens with zero attached hydrogens (tertiary/aromatic N) is 3. The van der Waals surface area contributed by atoms with E-state index in [2.05, 4.69) is 15.1 Å². The molecule has 2 aromatic rings. The summed E-state index contributed by atoms with van der Waals surface area (Å²) >= 11 is 5.66. The normalized spacial score (nSPS) is 10.8. The number of hydrogen-bond acceptors (Lipinski definition) is 5. The molecule has 0 aliphatic heterocycles. The molecule has 0 atom stereocenters. The first-order chi connectivity index (χ1) is 8.15. The molecule has 6 heteroatoms. The first-order valence-corrected chi connectivity index (χ1v) is 5.60. The van der Waals surface area contributed by atoms with Gasteiger partial charge in [0.15, 0.2) is 6.61 Å². The summed E-state index contributed by atoms with van der Waals surface area (Å²) in [5, 5.41) is 4.24. The van der Waals surface area contributed by atoms with Crippen molar-refractivity contribution in [1.82, 2.24) is 15.1 Å². The number of hydrogen-bond donors (Lipinski definition) is 0. The molecule has 2 heterocycles. The van der Waals surface area contributed by atoms with E-state index in [4.69, 9.17) is 20.9 Å². The maximum Gasteiger partial charge on any atom is 0.229 e. The molecule has 0 spiro atoms.